The predicted octanol–water partition coefficient (Wildman–Crippen LogP) is 4.57. The lowest BCUT2D eigenvalue weighted by Crippen LogP contribution is -2.48. The molecule has 0 N–H and O–H groups in total. The van der Waals surface area contributed by atoms with Gasteiger partial charge < -0.3 is 13.7 Å². The Balaban J connectivity index is 1.66. The van der Waals surface area contributed by atoms with Gasteiger partial charge in [-0.3, -0.25) is 0 Å². The molecule has 1 fully saturated rings. The van der Waals surface area contributed by atoms with Crippen molar-refractivity contribution in [2.24, 2.45) is 0 Å². The molecule has 14 heteroatoms. The van der Waals surface area contributed by atoms with Gasteiger partial charge in [-0.05, 0) is 73.7 Å². The van der Waals surface area contributed by atoms with E-state index in [1.807, 2.05) is 0 Å². The maximum absolute atomic E-state index is 13.8. The number of alkyl halides is 3. The molecule has 1 aliphatic carbocycles. The summed E-state index contributed by atoms with van der Waals surface area (Å²) in [5.41, 5.74) is -4.53. The number of rotatable bonds is 8. The summed E-state index contributed by atoms with van der Waals surface area (Å²) < 4.78 is 105. The van der Waals surface area contributed by atoms with Crippen molar-refractivity contribution in [3.8, 4) is 11.5 Å². The van der Waals surface area contributed by atoms with E-state index >= 15 is 0 Å². The highest BCUT2D eigenvalue weighted by Crippen LogP contribution is 2.47. The van der Waals surface area contributed by atoms with Gasteiger partial charge in [-0.2, -0.15) is 25.9 Å². The van der Waals surface area contributed by atoms with Crippen LogP contribution in [0.5, 0.6) is 11.5 Å². The first-order chi connectivity index (χ1) is 18.7. The molecule has 9 nitrogen and oxygen atoms in total. The van der Waals surface area contributed by atoms with Crippen LogP contribution in [0.3, 0.4) is 0 Å². The summed E-state index contributed by atoms with van der Waals surface area (Å²) in [4.78, 5) is 11.6. The van der Waals surface area contributed by atoms with Crippen molar-refractivity contribution in [2.45, 2.75) is 68.3 Å². The molecule has 2 aromatic rings. The van der Waals surface area contributed by atoms with Crippen molar-refractivity contribution in [1.29, 1.82) is 0 Å². The van der Waals surface area contributed by atoms with E-state index < -0.39 is 42.8 Å². The van der Waals surface area contributed by atoms with Gasteiger partial charge in [0.1, 0.15) is 11.5 Å². The van der Waals surface area contributed by atoms with Gasteiger partial charge in [0, 0.05) is 18.5 Å². The number of halogens is 3. The summed E-state index contributed by atoms with van der Waals surface area (Å²) in [7, 11) is -9.97. The zero-order valence-electron chi connectivity index (χ0n) is 22.0. The average molecular weight is 606 g/mol. The fourth-order valence-electron chi connectivity index (χ4n) is 5.37. The molecule has 4 rings (SSSR count). The van der Waals surface area contributed by atoms with Crippen molar-refractivity contribution < 1.29 is 48.5 Å². The minimum atomic E-state index is -5.89. The van der Waals surface area contributed by atoms with E-state index in [-0.39, 0.29) is 31.2 Å². The van der Waals surface area contributed by atoms with E-state index in [1.54, 1.807) is 19.9 Å². The third-order valence-corrected chi connectivity index (χ3v) is 9.98. The monoisotopic (exact) mass is 605 g/mol. The summed E-state index contributed by atoms with van der Waals surface area (Å²) in [6, 6.07) is 8.14. The normalized spacial score (nSPS) is 17.7. The van der Waals surface area contributed by atoms with Gasteiger partial charge in [-0.1, -0.05) is 25.3 Å². The minimum absolute atomic E-state index is 0.0186. The zero-order valence-corrected chi connectivity index (χ0v) is 23.6. The second-order valence-corrected chi connectivity index (χ2v) is 13.4. The van der Waals surface area contributed by atoms with Gasteiger partial charge in [0.2, 0.25) is 10.0 Å². The second-order valence-electron chi connectivity index (χ2n) is 9.94. The fourth-order valence-corrected chi connectivity index (χ4v) is 7.41. The van der Waals surface area contributed by atoms with E-state index in [1.165, 1.54) is 34.6 Å². The largest absolute Gasteiger partial charge is 0.534 e. The number of fused-ring (bicyclic) bond motifs is 2. The third-order valence-electron chi connectivity index (χ3n) is 7.21. The van der Waals surface area contributed by atoms with E-state index in [4.69, 9.17) is 9.47 Å². The van der Waals surface area contributed by atoms with Crippen molar-refractivity contribution in [1.82, 2.24) is 4.31 Å². The van der Waals surface area contributed by atoms with E-state index in [0.29, 0.717) is 29.7 Å². The maximum atomic E-state index is 13.8. The predicted molar refractivity (Wildman–Crippen MR) is 138 cm³/mol. The summed E-state index contributed by atoms with van der Waals surface area (Å²) in [5.74, 6) is -0.789. The van der Waals surface area contributed by atoms with Crippen LogP contribution in [0, 0.1) is 6.92 Å². The molecule has 0 radical (unpaired) electrons. The van der Waals surface area contributed by atoms with Crippen LogP contribution in [0.1, 0.15) is 55.7 Å². The highest BCUT2D eigenvalue weighted by molar-refractivity contribution is 7.89. The van der Waals surface area contributed by atoms with Gasteiger partial charge in [0.15, 0.2) is 6.61 Å². The van der Waals surface area contributed by atoms with Crippen LogP contribution in [0.4, 0.5) is 13.2 Å². The minimum Gasteiger partial charge on any atom is -0.482 e. The summed E-state index contributed by atoms with van der Waals surface area (Å²) in [6.45, 7) is 3.16. The number of carbonyl (C=O) groups excluding carboxylic acids is 1. The summed E-state index contributed by atoms with van der Waals surface area (Å²) in [6.07, 6.45) is 4.01. The number of ether oxygens (including phenoxy) is 2. The van der Waals surface area contributed by atoms with Crippen LogP contribution in [-0.2, 0) is 41.6 Å². The van der Waals surface area contributed by atoms with Crippen LogP contribution in [0.25, 0.3) is 0 Å². The number of esters is 1. The van der Waals surface area contributed by atoms with Crippen molar-refractivity contribution in [3.05, 3.63) is 53.1 Å². The number of nitrogens with zero attached hydrogens (tertiary/aromatic N) is 1. The molecule has 0 amide bonds. The summed E-state index contributed by atoms with van der Waals surface area (Å²) in [5, 5.41) is 0. The number of carbonyl (C=O) groups is 1. The zero-order chi connectivity index (χ0) is 29.3. The number of hydrogen-bond acceptors (Lipinski definition) is 8. The van der Waals surface area contributed by atoms with Crippen LogP contribution in [0.15, 0.2) is 41.3 Å². The topological polar surface area (TPSA) is 116 Å². The van der Waals surface area contributed by atoms with Crippen LogP contribution in [-0.4, -0.2) is 52.4 Å². The van der Waals surface area contributed by atoms with Crippen LogP contribution < -0.4 is 8.92 Å². The Morgan fingerprint density at radius 1 is 1.02 bits per heavy atom. The fraction of sp³-hybridized carbons (Fsp3) is 0.500. The molecule has 1 spiro atoms. The molecule has 0 atom stereocenters. The first-order valence-electron chi connectivity index (χ1n) is 12.7. The van der Waals surface area contributed by atoms with Crippen LogP contribution in [0.2, 0.25) is 0 Å². The molecule has 40 heavy (non-hydrogen) atoms. The van der Waals surface area contributed by atoms with Crippen molar-refractivity contribution in [3.63, 3.8) is 0 Å². The number of aryl methyl sites for hydroxylation is 1. The molecule has 0 aromatic heterocycles. The van der Waals surface area contributed by atoms with Gasteiger partial charge >= 0.3 is 21.6 Å². The molecule has 1 aliphatic heterocycles. The molecule has 0 unspecified atom stereocenters. The summed E-state index contributed by atoms with van der Waals surface area (Å²) >= 11 is 0. The lowest BCUT2D eigenvalue weighted by molar-refractivity contribution is -0.145. The maximum Gasteiger partial charge on any atom is 0.534 e. The lowest BCUT2D eigenvalue weighted by Gasteiger charge is -2.46. The Hall–Kier alpha value is -2.84. The first kappa shape index (κ1) is 30.1. The molecule has 220 valence electrons. The Bertz CT molecular complexity index is 1480. The van der Waals surface area contributed by atoms with Gasteiger partial charge in [0.05, 0.1) is 11.5 Å². The van der Waals surface area contributed by atoms with Gasteiger partial charge in [-0.25, -0.2) is 13.2 Å². The quantitative estimate of drug-likeness (QED) is 0.244. The van der Waals surface area contributed by atoms with Gasteiger partial charge in [-0.15, -0.1) is 0 Å². The highest BCUT2D eigenvalue weighted by atomic mass is 32.2. The Labute approximate surface area is 231 Å². The number of benzene rings is 2. The number of sulfonamides is 1. The standard InChI is InChI=1S/C26H30F3NO8S2/c1-3-36-24(31)16-37-23-10-8-21(13-18(23)2)39(32,33)30-15-19-14-20(38-40(34,35)26(27,28)29)7-9-22(19)25(17-30)11-5-4-6-12-25/h7-10,13-14H,3-6,11-12,15-17H2,1-2H3. The molecule has 0 saturated heterocycles. The lowest BCUT2D eigenvalue weighted by atomic mass is 9.66. The van der Waals surface area contributed by atoms with E-state index in [0.717, 1.165) is 24.8 Å². The second kappa shape index (κ2) is 11.2. The van der Waals surface area contributed by atoms with Crippen molar-refractivity contribution >= 4 is 26.1 Å². The third kappa shape index (κ3) is 6.08. The molecular weight excluding hydrogens is 575 g/mol. The van der Waals surface area contributed by atoms with Crippen LogP contribution >= 0.6 is 0 Å². The molecular formula is C26H30F3NO8S2. The molecule has 2 aliphatic rings. The SMILES string of the molecule is CCOC(=O)COc1ccc(S(=O)(=O)N2Cc3cc(OS(=O)(=O)C(F)(F)F)ccc3C3(CCCCC3)C2)cc1C. The Kier molecular flexibility index (Phi) is 8.44. The number of hydrogen-bond donors (Lipinski definition) is 0. The van der Waals surface area contributed by atoms with Gasteiger partial charge in [0.25, 0.3) is 0 Å². The molecule has 0 bridgehead atoms. The smallest absolute Gasteiger partial charge is 0.482 e. The highest BCUT2D eigenvalue weighted by Gasteiger charge is 2.49. The molecule has 1 saturated carbocycles. The Morgan fingerprint density at radius 3 is 2.35 bits per heavy atom. The molecule has 1 heterocycles. The van der Waals surface area contributed by atoms with E-state index in [9.17, 15) is 34.8 Å². The Morgan fingerprint density at radius 2 is 1.73 bits per heavy atom. The van der Waals surface area contributed by atoms with E-state index in [2.05, 4.69) is 4.18 Å². The average Bonchev–Trinajstić information content (AvgIpc) is 2.87. The molecule has 2 aromatic carbocycles. The van der Waals surface area contributed by atoms with Crippen molar-refractivity contribution in [2.75, 3.05) is 19.8 Å². The first-order valence-corrected chi connectivity index (χ1v) is 15.6.